The van der Waals surface area contributed by atoms with Crippen LogP contribution >= 0.6 is 11.3 Å². The average Bonchev–Trinajstić information content (AvgIpc) is 2.95. The fraction of sp³-hybridized carbons (Fsp3) is 0.692. The van der Waals surface area contributed by atoms with Crippen LogP contribution in [0.4, 0.5) is 5.13 Å². The van der Waals surface area contributed by atoms with Crippen LogP contribution < -0.4 is 5.32 Å². The third kappa shape index (κ3) is 3.33. The van der Waals surface area contributed by atoms with Crippen LogP contribution in [0.25, 0.3) is 0 Å². The highest BCUT2D eigenvalue weighted by molar-refractivity contribution is 7.13. The standard InChI is InChI=1S/C13H19N3O3S/c1-8(2)4-9-5-13(3,19-11(9)18)10(17)6-14-12-16-15-7-20-12/h7-9H,4-6H2,1-3H3,(H,14,16)/t9-,13+/m0/s1. The van der Waals surface area contributed by atoms with Gasteiger partial charge in [0, 0.05) is 6.42 Å². The summed E-state index contributed by atoms with van der Waals surface area (Å²) < 4.78 is 5.33. The Morgan fingerprint density at radius 1 is 1.65 bits per heavy atom. The number of carbonyl (C=O) groups excluding carboxylic acids is 2. The lowest BCUT2D eigenvalue weighted by atomic mass is 9.87. The van der Waals surface area contributed by atoms with E-state index in [1.807, 2.05) is 0 Å². The highest BCUT2D eigenvalue weighted by atomic mass is 32.1. The van der Waals surface area contributed by atoms with Crippen molar-refractivity contribution in [1.82, 2.24) is 10.2 Å². The van der Waals surface area contributed by atoms with E-state index in [2.05, 4.69) is 29.4 Å². The molecule has 0 radical (unpaired) electrons. The molecule has 0 spiro atoms. The zero-order valence-corrected chi connectivity index (χ0v) is 12.7. The van der Waals surface area contributed by atoms with Gasteiger partial charge in [-0.25, -0.2) is 0 Å². The topological polar surface area (TPSA) is 81.2 Å². The Balaban J connectivity index is 1.93. The molecule has 1 fully saturated rings. The van der Waals surface area contributed by atoms with Crippen LogP contribution in [0.1, 0.15) is 33.6 Å². The van der Waals surface area contributed by atoms with Crippen molar-refractivity contribution in [3.8, 4) is 0 Å². The molecular formula is C13H19N3O3S. The highest BCUT2D eigenvalue weighted by Gasteiger charge is 2.48. The minimum absolute atomic E-state index is 0.0906. The second-order valence-corrected chi connectivity index (χ2v) is 6.54. The minimum atomic E-state index is -1.02. The Labute approximate surface area is 121 Å². The zero-order valence-electron chi connectivity index (χ0n) is 11.9. The summed E-state index contributed by atoms with van der Waals surface area (Å²) in [5, 5.41) is 11.0. The summed E-state index contributed by atoms with van der Waals surface area (Å²) >= 11 is 1.32. The number of esters is 1. The van der Waals surface area contributed by atoms with E-state index < -0.39 is 5.60 Å². The lowest BCUT2D eigenvalue weighted by Crippen LogP contribution is -2.39. The van der Waals surface area contributed by atoms with Crippen molar-refractivity contribution in [3.05, 3.63) is 5.51 Å². The van der Waals surface area contributed by atoms with E-state index in [1.165, 1.54) is 11.3 Å². The Kier molecular flexibility index (Phi) is 4.37. The number of anilines is 1. The van der Waals surface area contributed by atoms with Gasteiger partial charge in [-0.3, -0.25) is 9.59 Å². The first-order valence-electron chi connectivity index (χ1n) is 6.67. The minimum Gasteiger partial charge on any atom is -0.451 e. The summed E-state index contributed by atoms with van der Waals surface area (Å²) in [5.41, 5.74) is 0.567. The quantitative estimate of drug-likeness (QED) is 0.808. The molecule has 1 aliphatic heterocycles. The van der Waals surface area contributed by atoms with Crippen LogP contribution in [0.5, 0.6) is 0 Å². The average molecular weight is 297 g/mol. The summed E-state index contributed by atoms with van der Waals surface area (Å²) in [6, 6.07) is 0. The van der Waals surface area contributed by atoms with Gasteiger partial charge in [-0.2, -0.15) is 0 Å². The summed E-state index contributed by atoms with van der Waals surface area (Å²) in [7, 11) is 0. The SMILES string of the molecule is CC(C)C[C@H]1C[C@](C)(C(=O)CNc2nncs2)OC1=O. The second-order valence-electron chi connectivity index (χ2n) is 5.70. The first-order valence-corrected chi connectivity index (χ1v) is 7.55. The maximum atomic E-state index is 12.3. The van der Waals surface area contributed by atoms with E-state index in [9.17, 15) is 9.59 Å². The Bertz CT molecular complexity index is 489. The number of hydrogen-bond donors (Lipinski definition) is 1. The fourth-order valence-electron chi connectivity index (χ4n) is 2.41. The number of cyclic esters (lactones) is 1. The van der Waals surface area contributed by atoms with E-state index in [1.54, 1.807) is 12.4 Å². The molecule has 20 heavy (non-hydrogen) atoms. The van der Waals surface area contributed by atoms with Crippen LogP contribution in [-0.2, 0) is 14.3 Å². The van der Waals surface area contributed by atoms with Crippen molar-refractivity contribution in [2.45, 2.75) is 39.2 Å². The van der Waals surface area contributed by atoms with Gasteiger partial charge < -0.3 is 10.1 Å². The number of ketones is 1. The molecule has 2 heterocycles. The van der Waals surface area contributed by atoms with Crippen molar-refractivity contribution in [1.29, 1.82) is 0 Å². The maximum absolute atomic E-state index is 12.3. The van der Waals surface area contributed by atoms with Gasteiger partial charge in [0.1, 0.15) is 5.51 Å². The van der Waals surface area contributed by atoms with Crippen molar-refractivity contribution < 1.29 is 14.3 Å². The van der Waals surface area contributed by atoms with E-state index in [4.69, 9.17) is 4.74 Å². The molecule has 1 saturated heterocycles. The molecule has 0 aromatic carbocycles. The monoisotopic (exact) mass is 297 g/mol. The molecule has 0 aliphatic carbocycles. The van der Waals surface area contributed by atoms with Gasteiger partial charge >= 0.3 is 5.97 Å². The molecular weight excluding hydrogens is 278 g/mol. The lowest BCUT2D eigenvalue weighted by molar-refractivity contribution is -0.156. The van der Waals surface area contributed by atoms with Crippen molar-refractivity contribution in [3.63, 3.8) is 0 Å². The molecule has 1 aromatic heterocycles. The Hall–Kier alpha value is -1.50. The van der Waals surface area contributed by atoms with Crippen LogP contribution in [0.15, 0.2) is 5.51 Å². The summed E-state index contributed by atoms with van der Waals surface area (Å²) in [5.74, 6) is -0.159. The third-order valence-corrected chi connectivity index (χ3v) is 4.05. The van der Waals surface area contributed by atoms with Crippen LogP contribution in [0.3, 0.4) is 0 Å². The normalized spacial score (nSPS) is 25.8. The van der Waals surface area contributed by atoms with Crippen LogP contribution in [0.2, 0.25) is 0 Å². The number of ether oxygens (including phenoxy) is 1. The number of nitrogens with one attached hydrogen (secondary N) is 1. The number of carbonyl (C=O) groups is 2. The van der Waals surface area contributed by atoms with Gasteiger partial charge in [-0.1, -0.05) is 25.2 Å². The summed E-state index contributed by atoms with van der Waals surface area (Å²) in [6.45, 7) is 5.90. The molecule has 0 saturated carbocycles. The van der Waals surface area contributed by atoms with Gasteiger partial charge in [0.25, 0.3) is 0 Å². The molecule has 0 unspecified atom stereocenters. The molecule has 0 bridgehead atoms. The predicted molar refractivity (Wildman–Crippen MR) is 75.5 cm³/mol. The maximum Gasteiger partial charge on any atom is 0.310 e. The van der Waals surface area contributed by atoms with Gasteiger partial charge in [0.05, 0.1) is 12.5 Å². The van der Waals surface area contributed by atoms with Crippen LogP contribution in [0, 0.1) is 11.8 Å². The molecule has 110 valence electrons. The molecule has 7 heteroatoms. The molecule has 1 N–H and O–H groups in total. The van der Waals surface area contributed by atoms with Crippen LogP contribution in [-0.4, -0.2) is 34.1 Å². The van der Waals surface area contributed by atoms with Crippen molar-refractivity contribution in [2.75, 3.05) is 11.9 Å². The Morgan fingerprint density at radius 2 is 2.40 bits per heavy atom. The summed E-state index contributed by atoms with van der Waals surface area (Å²) in [4.78, 5) is 24.1. The lowest BCUT2D eigenvalue weighted by Gasteiger charge is -2.21. The smallest absolute Gasteiger partial charge is 0.310 e. The molecule has 1 aromatic rings. The van der Waals surface area contributed by atoms with Gasteiger partial charge in [-0.15, -0.1) is 10.2 Å². The van der Waals surface area contributed by atoms with E-state index in [0.29, 0.717) is 17.5 Å². The largest absolute Gasteiger partial charge is 0.451 e. The van der Waals surface area contributed by atoms with E-state index >= 15 is 0 Å². The van der Waals surface area contributed by atoms with E-state index in [-0.39, 0.29) is 24.2 Å². The first kappa shape index (κ1) is 14.9. The fourth-order valence-corrected chi connectivity index (χ4v) is 2.86. The second kappa shape index (κ2) is 5.87. The number of Topliss-reactive ketones (excluding diaryl/α,β-unsaturated/α-hetero) is 1. The zero-order chi connectivity index (χ0) is 14.8. The molecule has 2 atom stereocenters. The number of nitrogens with zero attached hydrogens (tertiary/aromatic N) is 2. The van der Waals surface area contributed by atoms with Crippen molar-refractivity contribution in [2.24, 2.45) is 11.8 Å². The van der Waals surface area contributed by atoms with Gasteiger partial charge in [0.2, 0.25) is 5.13 Å². The molecule has 1 aliphatic rings. The van der Waals surface area contributed by atoms with Crippen molar-refractivity contribution >= 4 is 28.2 Å². The number of rotatable bonds is 6. The molecule has 6 nitrogen and oxygen atoms in total. The number of hydrogen-bond acceptors (Lipinski definition) is 7. The van der Waals surface area contributed by atoms with Gasteiger partial charge in [0.15, 0.2) is 11.4 Å². The summed E-state index contributed by atoms with van der Waals surface area (Å²) in [6.07, 6.45) is 1.21. The third-order valence-electron chi connectivity index (χ3n) is 3.40. The Morgan fingerprint density at radius 3 is 3.00 bits per heavy atom. The predicted octanol–water partition coefficient (Wildman–Crippen LogP) is 1.89. The van der Waals surface area contributed by atoms with Gasteiger partial charge in [-0.05, 0) is 19.3 Å². The molecule has 0 amide bonds. The van der Waals surface area contributed by atoms with E-state index in [0.717, 1.165) is 6.42 Å². The number of aromatic nitrogens is 2. The molecule has 2 rings (SSSR count). The highest BCUT2D eigenvalue weighted by Crippen LogP contribution is 2.35. The first-order chi connectivity index (χ1) is 9.40.